The molecule has 0 spiro atoms. The highest BCUT2D eigenvalue weighted by atomic mass is 14.4. The van der Waals surface area contributed by atoms with Crippen molar-refractivity contribution in [1.82, 2.24) is 0 Å². The summed E-state index contributed by atoms with van der Waals surface area (Å²) in [5.41, 5.74) is 11.4. The van der Waals surface area contributed by atoms with Crippen molar-refractivity contribution in [1.29, 1.82) is 0 Å². The van der Waals surface area contributed by atoms with E-state index in [0.29, 0.717) is 5.36 Å². The second-order valence-corrected chi connectivity index (χ2v) is 7.25. The average Bonchev–Trinajstić information content (AvgIpc) is 2.48. The maximum atomic E-state index is 11.1. The Bertz CT molecular complexity index is 894. The molecule has 0 amide bonds. The van der Waals surface area contributed by atoms with Crippen LogP contribution in [0.5, 0.6) is 0 Å². The Labute approximate surface area is 150 Å². The normalized spacial score (nSPS) is 11.0. The first-order valence-corrected chi connectivity index (χ1v) is 8.78. The summed E-state index contributed by atoms with van der Waals surface area (Å²) in [7, 11) is 0. The van der Waals surface area contributed by atoms with Crippen LogP contribution in [0.4, 0.5) is 0 Å². The largest absolute Gasteiger partial charge is 0.817 e. The molecule has 0 aliphatic carbocycles. The third-order valence-electron chi connectivity index (χ3n) is 4.93. The number of rotatable bonds is 2. The number of aryl methyl sites for hydroxylation is 6. The van der Waals surface area contributed by atoms with E-state index in [2.05, 4.69) is 65.8 Å². The fourth-order valence-corrected chi connectivity index (χ4v) is 4.16. The zero-order chi connectivity index (χ0) is 18.3. The highest BCUT2D eigenvalue weighted by Gasteiger charge is 2.06. The molecule has 0 aliphatic heterocycles. The Balaban J connectivity index is 2.30. The number of benzene rings is 3. The van der Waals surface area contributed by atoms with Gasteiger partial charge in [-0.25, -0.2) is 5.36 Å². The molecule has 25 heavy (non-hydrogen) atoms. The lowest BCUT2D eigenvalue weighted by Crippen LogP contribution is -2.10. The Morgan fingerprint density at radius 3 is 1.72 bits per heavy atom. The molecule has 0 bridgehead atoms. The summed E-state index contributed by atoms with van der Waals surface area (Å²) in [5, 5.41) is 11.5. The van der Waals surface area contributed by atoms with Crippen molar-refractivity contribution in [2.24, 2.45) is 0 Å². The predicted octanol–water partition coefficient (Wildman–Crippen LogP) is 6.06. The fourth-order valence-electron chi connectivity index (χ4n) is 4.16. The van der Waals surface area contributed by atoms with Crippen LogP contribution in [0.1, 0.15) is 33.4 Å². The third-order valence-corrected chi connectivity index (χ3v) is 4.93. The lowest BCUT2D eigenvalue weighted by atomic mass is 9.88. The Morgan fingerprint density at radius 1 is 0.720 bits per heavy atom. The molecule has 1 heteroatoms. The lowest BCUT2D eigenvalue weighted by molar-refractivity contribution is 1.30. The van der Waals surface area contributed by atoms with Gasteiger partial charge in [0.25, 0.3) is 0 Å². The maximum absolute atomic E-state index is 11.1. The van der Waals surface area contributed by atoms with Crippen LogP contribution in [0.25, 0.3) is 27.7 Å². The topological polar surface area (TPSA) is 22.3 Å². The molecule has 0 atom stereocenters. The van der Waals surface area contributed by atoms with Crippen LogP contribution < -0.4 is 5.36 Å². The minimum atomic E-state index is 0.368. The fraction of sp³-hybridized carbons (Fsp3) is 0.250. The zero-order valence-electron chi connectivity index (χ0n) is 16.0. The van der Waals surface area contributed by atoms with Gasteiger partial charge in [-0.2, -0.15) is 0 Å². The van der Waals surface area contributed by atoms with Gasteiger partial charge in [0.15, 0.2) is 0 Å². The summed E-state index contributed by atoms with van der Waals surface area (Å²) in [6.45, 7) is 12.7. The van der Waals surface area contributed by atoms with E-state index in [0.717, 1.165) is 22.3 Å². The van der Waals surface area contributed by atoms with Crippen LogP contribution in [0.2, 0.25) is 0 Å². The molecule has 0 saturated heterocycles. The van der Waals surface area contributed by atoms with E-state index in [-0.39, 0.29) is 0 Å². The predicted molar refractivity (Wildman–Crippen MR) is 108 cm³/mol. The van der Waals surface area contributed by atoms with Gasteiger partial charge in [0, 0.05) is 0 Å². The van der Waals surface area contributed by atoms with E-state index in [9.17, 15) is 5.41 Å². The van der Waals surface area contributed by atoms with Crippen molar-refractivity contribution in [2.45, 2.75) is 41.5 Å². The SMILES string of the molecule is Cc1cc(C)c(-c2ccc[c-](-c3c(C)cc(C)cc3C)c2=[N-])c(C)c1. The van der Waals surface area contributed by atoms with E-state index in [1.165, 1.54) is 33.4 Å². The molecule has 0 saturated carbocycles. The molecule has 0 unspecified atom stereocenters. The number of hydrogen-bond donors (Lipinski definition) is 0. The van der Waals surface area contributed by atoms with Crippen LogP contribution in [0, 0.1) is 41.5 Å². The highest BCUT2D eigenvalue weighted by Crippen LogP contribution is 2.30. The second kappa shape index (κ2) is 6.40. The van der Waals surface area contributed by atoms with Gasteiger partial charge in [0.1, 0.15) is 0 Å². The van der Waals surface area contributed by atoms with Crippen LogP contribution in [0.3, 0.4) is 0 Å². The molecule has 0 N–H and O–H groups in total. The van der Waals surface area contributed by atoms with Gasteiger partial charge in [-0.3, -0.25) is 0 Å². The van der Waals surface area contributed by atoms with Crippen LogP contribution in [0.15, 0.2) is 42.5 Å². The first kappa shape index (κ1) is 17.3. The molecular formula is C24H25N-2. The molecule has 1 nitrogen and oxygen atoms in total. The Morgan fingerprint density at radius 2 is 1.20 bits per heavy atom. The molecule has 0 aliphatic rings. The van der Waals surface area contributed by atoms with Gasteiger partial charge < -0.3 is 5.41 Å². The van der Waals surface area contributed by atoms with Gasteiger partial charge in [-0.1, -0.05) is 65.9 Å². The van der Waals surface area contributed by atoms with E-state index in [1.807, 2.05) is 18.2 Å². The van der Waals surface area contributed by atoms with Gasteiger partial charge in [0.2, 0.25) is 0 Å². The molecule has 3 rings (SSSR count). The lowest BCUT2D eigenvalue weighted by Gasteiger charge is -2.25. The van der Waals surface area contributed by atoms with Gasteiger partial charge >= 0.3 is 0 Å². The molecule has 0 fully saturated rings. The summed E-state index contributed by atoms with van der Waals surface area (Å²) in [6, 6.07) is 14.8. The smallest absolute Gasteiger partial charge is 0.0398 e. The van der Waals surface area contributed by atoms with Crippen molar-refractivity contribution in [3.63, 3.8) is 0 Å². The third kappa shape index (κ3) is 3.07. The first-order valence-electron chi connectivity index (χ1n) is 8.78. The quantitative estimate of drug-likeness (QED) is 0.510. The number of hydrogen-bond acceptors (Lipinski definition) is 0. The van der Waals surface area contributed by atoms with Crippen molar-refractivity contribution in [3.8, 4) is 22.3 Å². The molecule has 0 radical (unpaired) electrons. The summed E-state index contributed by atoms with van der Waals surface area (Å²) in [4.78, 5) is 0. The Hall–Kier alpha value is -2.54. The van der Waals surface area contributed by atoms with Crippen LogP contribution in [-0.2, 0) is 0 Å². The summed E-state index contributed by atoms with van der Waals surface area (Å²) in [6.07, 6.45) is 0. The standard InChI is InChI=1S/C24H25N/c1-14-10-16(3)22(17(4)11-14)20-8-7-9-21(24(20)25)23-18(5)12-15(2)13-19(23)6/h7-13H,1-6H3/q-2. The maximum Gasteiger partial charge on any atom is -0.0398 e. The van der Waals surface area contributed by atoms with E-state index < -0.39 is 0 Å². The molecule has 0 heterocycles. The average molecular weight is 327 g/mol. The van der Waals surface area contributed by atoms with E-state index in [1.54, 1.807) is 0 Å². The van der Waals surface area contributed by atoms with E-state index >= 15 is 0 Å². The van der Waals surface area contributed by atoms with E-state index in [4.69, 9.17) is 0 Å². The van der Waals surface area contributed by atoms with Gasteiger partial charge in [-0.05, 0) is 33.3 Å². The molecule has 0 aromatic heterocycles. The van der Waals surface area contributed by atoms with Crippen molar-refractivity contribution in [3.05, 3.63) is 86.6 Å². The molecule has 128 valence electrons. The van der Waals surface area contributed by atoms with Crippen molar-refractivity contribution < 1.29 is 0 Å². The molecule has 3 aromatic carbocycles. The zero-order valence-corrected chi connectivity index (χ0v) is 16.0. The van der Waals surface area contributed by atoms with Gasteiger partial charge in [0.05, 0.1) is 0 Å². The summed E-state index contributed by atoms with van der Waals surface area (Å²) in [5.74, 6) is 0. The van der Waals surface area contributed by atoms with Crippen molar-refractivity contribution in [2.75, 3.05) is 0 Å². The number of nitrogens with zero attached hydrogens (tertiary/aromatic N) is 1. The minimum absolute atomic E-state index is 0.368. The Kier molecular flexibility index (Phi) is 4.43. The van der Waals surface area contributed by atoms with Crippen LogP contribution >= 0.6 is 0 Å². The van der Waals surface area contributed by atoms with Gasteiger partial charge in [-0.15, -0.1) is 40.5 Å². The summed E-state index contributed by atoms with van der Waals surface area (Å²) >= 11 is 0. The first-order chi connectivity index (χ1) is 11.8. The van der Waals surface area contributed by atoms with Crippen LogP contribution in [-0.4, -0.2) is 0 Å². The molecular weight excluding hydrogens is 302 g/mol. The highest BCUT2D eigenvalue weighted by molar-refractivity contribution is 5.79. The monoisotopic (exact) mass is 327 g/mol. The summed E-state index contributed by atoms with van der Waals surface area (Å²) < 4.78 is 0. The second-order valence-electron chi connectivity index (χ2n) is 7.25. The minimum Gasteiger partial charge on any atom is -0.817 e. The molecule has 3 aromatic rings. The van der Waals surface area contributed by atoms with Crippen molar-refractivity contribution >= 4 is 0 Å².